The Balaban J connectivity index is 2.07. The molecule has 2 heterocycles. The standard InChI is InChI=1S/C13H12FN5O/c14-9-1-3-10(4-2-9)19-13-11(7-18-19)12(15-5-6-20)16-8-17-13/h1-4,7-8,20H,5-6H2,(H,15,16,17). The number of halogens is 1. The van der Waals surface area contributed by atoms with Gasteiger partial charge in [-0.3, -0.25) is 0 Å². The van der Waals surface area contributed by atoms with E-state index in [0.29, 0.717) is 23.7 Å². The van der Waals surface area contributed by atoms with Crippen LogP contribution in [0.4, 0.5) is 10.2 Å². The lowest BCUT2D eigenvalue weighted by atomic mass is 10.3. The van der Waals surface area contributed by atoms with Gasteiger partial charge in [-0.25, -0.2) is 19.0 Å². The van der Waals surface area contributed by atoms with Crippen molar-refractivity contribution in [3.63, 3.8) is 0 Å². The zero-order valence-corrected chi connectivity index (χ0v) is 10.5. The van der Waals surface area contributed by atoms with Crippen LogP contribution in [0.5, 0.6) is 0 Å². The molecule has 0 amide bonds. The van der Waals surface area contributed by atoms with Crippen LogP contribution in [0.1, 0.15) is 0 Å². The minimum Gasteiger partial charge on any atom is -0.395 e. The maximum absolute atomic E-state index is 13.0. The van der Waals surface area contributed by atoms with Gasteiger partial charge >= 0.3 is 0 Å². The fourth-order valence-electron chi connectivity index (χ4n) is 1.93. The summed E-state index contributed by atoms with van der Waals surface area (Å²) in [5.74, 6) is 0.308. The van der Waals surface area contributed by atoms with E-state index in [-0.39, 0.29) is 12.4 Å². The Bertz CT molecular complexity index is 725. The number of aromatic nitrogens is 4. The Hall–Kier alpha value is -2.54. The fraction of sp³-hybridized carbons (Fsp3) is 0.154. The molecule has 0 unspecified atom stereocenters. The van der Waals surface area contributed by atoms with Crippen molar-refractivity contribution in [2.75, 3.05) is 18.5 Å². The van der Waals surface area contributed by atoms with E-state index in [0.717, 1.165) is 5.39 Å². The third-order valence-electron chi connectivity index (χ3n) is 2.84. The molecule has 3 rings (SSSR count). The largest absolute Gasteiger partial charge is 0.395 e. The molecule has 6 nitrogen and oxygen atoms in total. The summed E-state index contributed by atoms with van der Waals surface area (Å²) in [5.41, 5.74) is 1.33. The smallest absolute Gasteiger partial charge is 0.168 e. The Kier molecular flexibility index (Phi) is 3.26. The molecule has 102 valence electrons. The summed E-state index contributed by atoms with van der Waals surface area (Å²) in [7, 11) is 0. The molecule has 0 bridgehead atoms. The predicted octanol–water partition coefficient (Wildman–Crippen LogP) is 1.36. The highest BCUT2D eigenvalue weighted by Gasteiger charge is 2.10. The fourth-order valence-corrected chi connectivity index (χ4v) is 1.93. The van der Waals surface area contributed by atoms with Crippen LogP contribution in [0.3, 0.4) is 0 Å². The van der Waals surface area contributed by atoms with Crippen LogP contribution in [-0.2, 0) is 0 Å². The summed E-state index contributed by atoms with van der Waals surface area (Å²) in [5, 5.41) is 16.8. The molecule has 0 spiro atoms. The van der Waals surface area contributed by atoms with Crippen molar-refractivity contribution in [3.05, 3.63) is 42.6 Å². The zero-order valence-electron chi connectivity index (χ0n) is 10.5. The van der Waals surface area contributed by atoms with E-state index in [4.69, 9.17) is 5.11 Å². The van der Waals surface area contributed by atoms with Gasteiger partial charge in [0.05, 0.1) is 23.9 Å². The quantitative estimate of drug-likeness (QED) is 0.750. The number of anilines is 1. The second-order valence-corrected chi connectivity index (χ2v) is 4.14. The molecule has 0 radical (unpaired) electrons. The number of fused-ring (bicyclic) bond motifs is 1. The van der Waals surface area contributed by atoms with Gasteiger partial charge in [0.1, 0.15) is 18.0 Å². The van der Waals surface area contributed by atoms with Crippen molar-refractivity contribution in [2.24, 2.45) is 0 Å². The van der Waals surface area contributed by atoms with Crippen molar-refractivity contribution >= 4 is 16.9 Å². The molecular formula is C13H12FN5O. The lowest BCUT2D eigenvalue weighted by molar-refractivity contribution is 0.311. The molecule has 0 atom stereocenters. The van der Waals surface area contributed by atoms with Crippen LogP contribution in [0.25, 0.3) is 16.7 Å². The molecule has 0 aliphatic heterocycles. The first-order chi connectivity index (χ1) is 9.79. The van der Waals surface area contributed by atoms with Gasteiger partial charge in [-0.2, -0.15) is 5.10 Å². The molecule has 0 fully saturated rings. The molecule has 3 aromatic rings. The van der Waals surface area contributed by atoms with E-state index in [1.54, 1.807) is 23.0 Å². The highest BCUT2D eigenvalue weighted by molar-refractivity contribution is 5.87. The summed E-state index contributed by atoms with van der Waals surface area (Å²) < 4.78 is 14.6. The number of aliphatic hydroxyl groups excluding tert-OH is 1. The number of aliphatic hydroxyl groups is 1. The second-order valence-electron chi connectivity index (χ2n) is 4.14. The topological polar surface area (TPSA) is 75.9 Å². The van der Waals surface area contributed by atoms with Crippen molar-refractivity contribution in [3.8, 4) is 5.69 Å². The van der Waals surface area contributed by atoms with Crippen LogP contribution < -0.4 is 5.32 Å². The summed E-state index contributed by atoms with van der Waals surface area (Å²) in [6, 6.07) is 6.00. The molecule has 0 aliphatic rings. The van der Waals surface area contributed by atoms with E-state index in [2.05, 4.69) is 20.4 Å². The summed E-state index contributed by atoms with van der Waals surface area (Å²) in [4.78, 5) is 8.32. The Morgan fingerprint density at radius 2 is 2.00 bits per heavy atom. The van der Waals surface area contributed by atoms with Crippen molar-refractivity contribution in [1.29, 1.82) is 0 Å². The maximum Gasteiger partial charge on any atom is 0.168 e. The van der Waals surface area contributed by atoms with Crippen LogP contribution in [0, 0.1) is 5.82 Å². The molecule has 1 aromatic carbocycles. The highest BCUT2D eigenvalue weighted by Crippen LogP contribution is 2.21. The van der Waals surface area contributed by atoms with E-state index in [1.165, 1.54) is 18.5 Å². The first-order valence-electron chi connectivity index (χ1n) is 6.09. The third kappa shape index (κ3) is 2.19. The minimum atomic E-state index is -0.301. The predicted molar refractivity (Wildman–Crippen MR) is 72.2 cm³/mol. The monoisotopic (exact) mass is 273 g/mol. The van der Waals surface area contributed by atoms with E-state index in [1.807, 2.05) is 0 Å². The summed E-state index contributed by atoms with van der Waals surface area (Å²) >= 11 is 0. The molecule has 2 aromatic heterocycles. The molecule has 20 heavy (non-hydrogen) atoms. The van der Waals surface area contributed by atoms with Crippen LogP contribution in [0.15, 0.2) is 36.8 Å². The molecule has 0 saturated carbocycles. The summed E-state index contributed by atoms with van der Waals surface area (Å²) in [6.07, 6.45) is 3.06. The summed E-state index contributed by atoms with van der Waals surface area (Å²) in [6.45, 7) is 0.408. The Morgan fingerprint density at radius 1 is 1.20 bits per heavy atom. The molecule has 0 aliphatic carbocycles. The number of nitrogens with one attached hydrogen (secondary N) is 1. The Labute approximate surface area is 113 Å². The normalized spacial score (nSPS) is 10.9. The number of benzene rings is 1. The van der Waals surface area contributed by atoms with Gasteiger partial charge in [0.15, 0.2) is 5.65 Å². The maximum atomic E-state index is 13.0. The van der Waals surface area contributed by atoms with Gasteiger partial charge in [-0.1, -0.05) is 0 Å². The molecule has 0 saturated heterocycles. The molecular weight excluding hydrogens is 261 g/mol. The average Bonchev–Trinajstić information content (AvgIpc) is 2.90. The van der Waals surface area contributed by atoms with E-state index in [9.17, 15) is 4.39 Å². The lowest BCUT2D eigenvalue weighted by Crippen LogP contribution is -2.07. The van der Waals surface area contributed by atoms with Crippen molar-refractivity contribution in [1.82, 2.24) is 19.7 Å². The van der Waals surface area contributed by atoms with Gasteiger partial charge < -0.3 is 10.4 Å². The second kappa shape index (κ2) is 5.22. The van der Waals surface area contributed by atoms with Gasteiger partial charge in [-0.15, -0.1) is 0 Å². The first-order valence-corrected chi connectivity index (χ1v) is 6.09. The SMILES string of the molecule is OCCNc1ncnc2c1cnn2-c1ccc(F)cc1. The zero-order chi connectivity index (χ0) is 13.9. The number of nitrogens with zero attached hydrogens (tertiary/aromatic N) is 4. The molecule has 7 heteroatoms. The van der Waals surface area contributed by atoms with Crippen molar-refractivity contribution in [2.45, 2.75) is 0 Å². The molecule has 2 N–H and O–H groups in total. The van der Waals surface area contributed by atoms with Crippen LogP contribution in [0.2, 0.25) is 0 Å². The minimum absolute atomic E-state index is 0.0115. The van der Waals surface area contributed by atoms with E-state index < -0.39 is 0 Å². The number of hydrogen-bond donors (Lipinski definition) is 2. The lowest BCUT2D eigenvalue weighted by Gasteiger charge is -2.05. The number of rotatable bonds is 4. The highest BCUT2D eigenvalue weighted by atomic mass is 19.1. The third-order valence-corrected chi connectivity index (χ3v) is 2.84. The number of hydrogen-bond acceptors (Lipinski definition) is 5. The van der Waals surface area contributed by atoms with E-state index >= 15 is 0 Å². The van der Waals surface area contributed by atoms with Crippen LogP contribution >= 0.6 is 0 Å². The van der Waals surface area contributed by atoms with Crippen molar-refractivity contribution < 1.29 is 9.50 Å². The van der Waals surface area contributed by atoms with Gasteiger partial charge in [0.2, 0.25) is 0 Å². The van der Waals surface area contributed by atoms with Gasteiger partial charge in [-0.05, 0) is 24.3 Å². The first kappa shape index (κ1) is 12.5. The Morgan fingerprint density at radius 3 is 2.75 bits per heavy atom. The van der Waals surface area contributed by atoms with Crippen LogP contribution in [-0.4, -0.2) is 38.0 Å². The van der Waals surface area contributed by atoms with Gasteiger partial charge in [0.25, 0.3) is 0 Å². The van der Waals surface area contributed by atoms with Gasteiger partial charge in [0, 0.05) is 6.54 Å². The average molecular weight is 273 g/mol.